The Hall–Kier alpha value is -1.88. The summed E-state index contributed by atoms with van der Waals surface area (Å²) in [5.41, 5.74) is 0.643. The Bertz CT molecular complexity index is 634. The Morgan fingerprint density at radius 2 is 1.72 bits per heavy atom. The van der Waals surface area contributed by atoms with Crippen LogP contribution in [0.3, 0.4) is 0 Å². The van der Waals surface area contributed by atoms with Crippen LogP contribution in [0.5, 0.6) is 5.75 Å². The fraction of sp³-hybridized carbons (Fsp3) is 0.429. The molecular weight excluding hydrogens is 314 g/mol. The van der Waals surface area contributed by atoms with Gasteiger partial charge >= 0.3 is 0 Å². The summed E-state index contributed by atoms with van der Waals surface area (Å²) in [6.07, 6.45) is 0.879. The summed E-state index contributed by atoms with van der Waals surface area (Å²) >= 11 is 0. The maximum absolute atomic E-state index is 10.6. The van der Waals surface area contributed by atoms with Crippen LogP contribution in [0.2, 0.25) is 0 Å². The third-order valence-electron chi connectivity index (χ3n) is 5.10. The minimum Gasteiger partial charge on any atom is -0.492 e. The maximum atomic E-state index is 10.6. The first-order valence-corrected chi connectivity index (χ1v) is 8.95. The molecule has 0 radical (unpaired) electrons. The first kappa shape index (κ1) is 17.9. The van der Waals surface area contributed by atoms with E-state index >= 15 is 0 Å². The largest absolute Gasteiger partial charge is 0.492 e. The fourth-order valence-corrected chi connectivity index (χ4v) is 3.63. The van der Waals surface area contributed by atoms with Crippen LogP contribution >= 0.6 is 0 Å². The van der Waals surface area contributed by atoms with Gasteiger partial charge in [-0.05, 0) is 30.5 Å². The zero-order valence-corrected chi connectivity index (χ0v) is 14.6. The van der Waals surface area contributed by atoms with Crippen molar-refractivity contribution in [3.05, 3.63) is 66.2 Å². The van der Waals surface area contributed by atoms with Crippen molar-refractivity contribution in [2.75, 3.05) is 32.8 Å². The molecule has 1 heterocycles. The molecule has 3 rings (SSSR count). The van der Waals surface area contributed by atoms with E-state index < -0.39 is 11.5 Å². The van der Waals surface area contributed by atoms with Gasteiger partial charge in [0.25, 0.3) is 0 Å². The Morgan fingerprint density at radius 3 is 2.40 bits per heavy atom. The molecule has 0 aromatic heterocycles. The lowest BCUT2D eigenvalue weighted by Crippen LogP contribution is -2.55. The number of hydrogen-bond acceptors (Lipinski definition) is 4. The monoisotopic (exact) mass is 341 g/mol. The van der Waals surface area contributed by atoms with E-state index in [2.05, 4.69) is 17.0 Å². The lowest BCUT2D eigenvalue weighted by molar-refractivity contribution is -0.0763. The van der Waals surface area contributed by atoms with Crippen LogP contribution in [0, 0.1) is 5.41 Å². The number of ether oxygens (including phenoxy) is 1. The number of rotatable bonds is 7. The SMILES string of the molecule is OC[C@@]1(Cc2ccccc2)CN(CCOc2ccccc2)CCC1O. The lowest BCUT2D eigenvalue weighted by Gasteiger charge is -2.45. The second kappa shape index (κ2) is 8.48. The van der Waals surface area contributed by atoms with Gasteiger partial charge in [0.2, 0.25) is 0 Å². The quantitative estimate of drug-likeness (QED) is 0.812. The zero-order chi connectivity index (χ0) is 17.5. The van der Waals surface area contributed by atoms with Gasteiger partial charge in [-0.1, -0.05) is 48.5 Å². The summed E-state index contributed by atoms with van der Waals surface area (Å²) in [5, 5.41) is 20.7. The molecule has 4 nitrogen and oxygen atoms in total. The molecule has 2 N–H and O–H groups in total. The van der Waals surface area contributed by atoms with E-state index in [0.29, 0.717) is 26.0 Å². The van der Waals surface area contributed by atoms with Crippen LogP contribution in [0.1, 0.15) is 12.0 Å². The Morgan fingerprint density at radius 1 is 1.04 bits per heavy atom. The molecule has 0 aliphatic carbocycles. The number of aliphatic hydroxyl groups excluding tert-OH is 2. The average Bonchev–Trinajstić information content (AvgIpc) is 2.66. The number of hydrogen-bond donors (Lipinski definition) is 2. The molecule has 0 amide bonds. The topological polar surface area (TPSA) is 52.9 Å². The first-order chi connectivity index (χ1) is 12.2. The summed E-state index contributed by atoms with van der Waals surface area (Å²) in [6.45, 7) is 2.89. The predicted octanol–water partition coefficient (Wildman–Crippen LogP) is 2.35. The fourth-order valence-electron chi connectivity index (χ4n) is 3.63. The molecule has 2 aromatic rings. The molecule has 0 bridgehead atoms. The molecule has 1 saturated heterocycles. The lowest BCUT2D eigenvalue weighted by atomic mass is 9.73. The van der Waals surface area contributed by atoms with E-state index in [1.807, 2.05) is 48.5 Å². The molecule has 2 aromatic carbocycles. The Balaban J connectivity index is 1.59. The molecule has 1 unspecified atom stereocenters. The zero-order valence-electron chi connectivity index (χ0n) is 14.6. The second-order valence-corrected chi connectivity index (χ2v) is 6.92. The van der Waals surface area contributed by atoms with E-state index in [4.69, 9.17) is 4.74 Å². The smallest absolute Gasteiger partial charge is 0.119 e. The van der Waals surface area contributed by atoms with Crippen molar-refractivity contribution >= 4 is 0 Å². The van der Waals surface area contributed by atoms with E-state index in [1.54, 1.807) is 0 Å². The minimum atomic E-state index is -0.508. The Labute approximate surface area is 149 Å². The van der Waals surface area contributed by atoms with Crippen LogP contribution in [-0.2, 0) is 6.42 Å². The van der Waals surface area contributed by atoms with E-state index in [-0.39, 0.29) is 6.61 Å². The number of likely N-dealkylation sites (tertiary alicyclic amines) is 1. The van der Waals surface area contributed by atoms with Crippen LogP contribution in [-0.4, -0.2) is 54.1 Å². The summed E-state index contributed by atoms with van der Waals surface area (Å²) in [7, 11) is 0. The summed E-state index contributed by atoms with van der Waals surface area (Å²) in [4.78, 5) is 2.29. The molecule has 0 saturated carbocycles. The van der Waals surface area contributed by atoms with E-state index in [0.717, 1.165) is 24.4 Å². The van der Waals surface area contributed by atoms with E-state index in [9.17, 15) is 10.2 Å². The molecule has 2 atom stereocenters. The molecule has 1 aliphatic rings. The molecular formula is C21H27NO3. The highest BCUT2D eigenvalue weighted by atomic mass is 16.5. The number of para-hydroxylation sites is 1. The van der Waals surface area contributed by atoms with Gasteiger partial charge in [-0.2, -0.15) is 0 Å². The Kier molecular flexibility index (Phi) is 6.08. The normalized spacial score (nSPS) is 24.2. The molecule has 134 valence electrons. The molecule has 1 aliphatic heterocycles. The standard InChI is InChI=1S/C21H27NO3/c23-17-21(15-18-7-3-1-4-8-18)16-22(12-11-20(21)24)13-14-25-19-9-5-2-6-10-19/h1-10,20,23-24H,11-17H2/t20?,21-/m1/s1. The van der Waals surface area contributed by atoms with Crippen molar-refractivity contribution in [2.45, 2.75) is 18.9 Å². The molecule has 25 heavy (non-hydrogen) atoms. The van der Waals surface area contributed by atoms with Crippen molar-refractivity contribution < 1.29 is 14.9 Å². The van der Waals surface area contributed by atoms with Crippen molar-refractivity contribution in [1.29, 1.82) is 0 Å². The molecule has 4 heteroatoms. The highest BCUT2D eigenvalue weighted by Gasteiger charge is 2.42. The van der Waals surface area contributed by atoms with Crippen molar-refractivity contribution in [2.24, 2.45) is 5.41 Å². The molecule has 1 fully saturated rings. The summed E-state index contributed by atoms with van der Waals surface area (Å²) < 4.78 is 5.79. The van der Waals surface area contributed by atoms with Gasteiger partial charge in [-0.3, -0.25) is 4.90 Å². The van der Waals surface area contributed by atoms with E-state index in [1.165, 1.54) is 0 Å². The van der Waals surface area contributed by atoms with Crippen molar-refractivity contribution in [1.82, 2.24) is 4.90 Å². The highest BCUT2D eigenvalue weighted by Crippen LogP contribution is 2.33. The van der Waals surface area contributed by atoms with Crippen LogP contribution in [0.25, 0.3) is 0 Å². The van der Waals surface area contributed by atoms with Gasteiger partial charge in [0.05, 0.1) is 12.7 Å². The third-order valence-corrected chi connectivity index (χ3v) is 5.10. The number of aliphatic hydroxyl groups is 2. The van der Waals surface area contributed by atoms with Crippen LogP contribution in [0.4, 0.5) is 0 Å². The van der Waals surface area contributed by atoms with Gasteiger partial charge in [-0.15, -0.1) is 0 Å². The van der Waals surface area contributed by atoms with Crippen LogP contribution in [0.15, 0.2) is 60.7 Å². The minimum absolute atomic E-state index is 0.0148. The highest BCUT2D eigenvalue weighted by molar-refractivity contribution is 5.21. The number of piperidine rings is 1. The number of benzene rings is 2. The van der Waals surface area contributed by atoms with Gasteiger partial charge in [0, 0.05) is 25.0 Å². The van der Waals surface area contributed by atoms with Gasteiger partial charge in [0.15, 0.2) is 0 Å². The van der Waals surface area contributed by atoms with Crippen molar-refractivity contribution in [3.8, 4) is 5.75 Å². The summed E-state index contributed by atoms with van der Waals surface area (Å²) in [6, 6.07) is 19.9. The summed E-state index contributed by atoms with van der Waals surface area (Å²) in [5.74, 6) is 0.872. The van der Waals surface area contributed by atoms with Gasteiger partial charge in [0.1, 0.15) is 12.4 Å². The average molecular weight is 341 g/mol. The van der Waals surface area contributed by atoms with Crippen molar-refractivity contribution in [3.63, 3.8) is 0 Å². The predicted molar refractivity (Wildman–Crippen MR) is 98.7 cm³/mol. The third kappa shape index (κ3) is 4.60. The van der Waals surface area contributed by atoms with Crippen LogP contribution < -0.4 is 4.74 Å². The molecule has 0 spiro atoms. The van der Waals surface area contributed by atoms with Gasteiger partial charge < -0.3 is 14.9 Å². The number of nitrogens with zero attached hydrogens (tertiary/aromatic N) is 1. The van der Waals surface area contributed by atoms with Gasteiger partial charge in [-0.25, -0.2) is 0 Å². The second-order valence-electron chi connectivity index (χ2n) is 6.92. The maximum Gasteiger partial charge on any atom is 0.119 e. The first-order valence-electron chi connectivity index (χ1n) is 8.95.